The summed E-state index contributed by atoms with van der Waals surface area (Å²) in [5, 5.41) is 25.8. The molecular weight excluding hydrogens is 667 g/mol. The third-order valence-electron chi connectivity index (χ3n) is 8.54. The number of fused-ring (bicyclic) bond motifs is 3. The Kier molecular flexibility index (Phi) is 7.69. The molecule has 8 rings (SSSR count). The van der Waals surface area contributed by atoms with Crippen LogP contribution in [-0.4, -0.2) is 81.9 Å². The van der Waals surface area contributed by atoms with E-state index in [1.54, 1.807) is 17.9 Å². The second kappa shape index (κ2) is 11.8. The molecule has 7 heterocycles. The van der Waals surface area contributed by atoms with Crippen molar-refractivity contribution in [3.8, 4) is 28.0 Å². The van der Waals surface area contributed by atoms with E-state index in [2.05, 4.69) is 36.7 Å². The summed E-state index contributed by atoms with van der Waals surface area (Å²) in [5.41, 5.74) is 1.23. The number of amides is 1. The molecule has 0 radical (unpaired) electrons. The fourth-order valence-corrected chi connectivity index (χ4v) is 6.70. The topological polar surface area (TPSA) is 154 Å². The normalized spacial score (nSPS) is 17.7. The predicted octanol–water partition coefficient (Wildman–Crippen LogP) is 4.71. The third-order valence-corrected chi connectivity index (χ3v) is 9.51. The van der Waals surface area contributed by atoms with Gasteiger partial charge in [-0.1, -0.05) is 6.08 Å². The lowest BCUT2D eigenvalue weighted by Crippen LogP contribution is -2.28. The molecule has 0 aromatic carbocycles. The molecule has 1 N–H and O–H groups in total. The number of halogens is 3. The maximum Gasteiger partial charge on any atom is 0.534 e. The Balaban J connectivity index is 0.000000156. The molecule has 6 aromatic rings. The molecule has 1 amide bonds. The molecule has 0 bridgehead atoms. The van der Waals surface area contributed by atoms with E-state index in [0.717, 1.165) is 23.1 Å². The Labute approximate surface area is 276 Å². The first-order valence-electron chi connectivity index (χ1n) is 14.9. The number of aryl methyl sites for hydroxylation is 2. The van der Waals surface area contributed by atoms with Crippen LogP contribution in [0.2, 0.25) is 0 Å². The SMILES string of the molecule is Cn1cc(-c2cc(C3=CC4CN(C(=O)O)CC4C3)c3ccnn3c2)cn1.Cn1cc(-c2cc(OS(=O)(=O)C(F)(F)F)c3ccnn3c2)cn1. The van der Waals surface area contributed by atoms with Crippen LogP contribution in [0, 0.1) is 11.8 Å². The van der Waals surface area contributed by atoms with Gasteiger partial charge < -0.3 is 14.2 Å². The number of aromatic nitrogens is 8. The summed E-state index contributed by atoms with van der Waals surface area (Å²) in [6.07, 6.45) is 16.0. The van der Waals surface area contributed by atoms with Crippen molar-refractivity contribution in [2.45, 2.75) is 11.9 Å². The van der Waals surface area contributed by atoms with Crippen LogP contribution in [0.3, 0.4) is 0 Å². The van der Waals surface area contributed by atoms with Gasteiger partial charge in [0.1, 0.15) is 5.52 Å². The van der Waals surface area contributed by atoms with Crippen molar-refractivity contribution >= 4 is 32.8 Å². The van der Waals surface area contributed by atoms with Crippen LogP contribution in [0.4, 0.5) is 18.0 Å². The highest BCUT2D eigenvalue weighted by atomic mass is 32.2. The fourth-order valence-electron chi connectivity index (χ4n) is 6.24. The van der Waals surface area contributed by atoms with Gasteiger partial charge in [-0.15, -0.1) is 0 Å². The average molecular weight is 696 g/mol. The Morgan fingerprint density at radius 3 is 2.00 bits per heavy atom. The Morgan fingerprint density at radius 2 is 1.45 bits per heavy atom. The van der Waals surface area contributed by atoms with E-state index in [-0.39, 0.29) is 5.52 Å². The summed E-state index contributed by atoms with van der Waals surface area (Å²) in [6, 6.07) is 6.77. The Hall–Kier alpha value is -5.65. The van der Waals surface area contributed by atoms with E-state index >= 15 is 0 Å². The third kappa shape index (κ3) is 6.10. The summed E-state index contributed by atoms with van der Waals surface area (Å²) in [7, 11) is -2.20. The zero-order valence-electron chi connectivity index (χ0n) is 25.9. The minimum absolute atomic E-state index is 0.0884. The van der Waals surface area contributed by atoms with Crippen molar-refractivity contribution in [2.24, 2.45) is 25.9 Å². The number of nitrogens with zero attached hydrogens (tertiary/aromatic N) is 9. The molecule has 18 heteroatoms. The van der Waals surface area contributed by atoms with Crippen LogP contribution >= 0.6 is 0 Å². The highest BCUT2D eigenvalue weighted by Crippen LogP contribution is 2.43. The van der Waals surface area contributed by atoms with E-state index in [9.17, 15) is 31.5 Å². The number of hydrogen-bond donors (Lipinski definition) is 1. The minimum Gasteiger partial charge on any atom is -0.465 e. The first-order valence-corrected chi connectivity index (χ1v) is 16.3. The molecule has 254 valence electrons. The summed E-state index contributed by atoms with van der Waals surface area (Å²) >= 11 is 0. The summed E-state index contributed by atoms with van der Waals surface area (Å²) < 4.78 is 70.8. The Morgan fingerprint density at radius 1 is 0.857 bits per heavy atom. The van der Waals surface area contributed by atoms with Gasteiger partial charge in [-0.05, 0) is 48.1 Å². The first-order chi connectivity index (χ1) is 23.3. The number of carboxylic acid groups (broad SMARTS) is 1. The van der Waals surface area contributed by atoms with Crippen molar-refractivity contribution in [1.82, 2.24) is 43.7 Å². The van der Waals surface area contributed by atoms with Crippen molar-refractivity contribution in [2.75, 3.05) is 13.1 Å². The second-order valence-corrected chi connectivity index (χ2v) is 13.4. The average Bonchev–Trinajstić information content (AvgIpc) is 3.86. The zero-order chi connectivity index (χ0) is 34.7. The van der Waals surface area contributed by atoms with Crippen LogP contribution in [-0.2, 0) is 24.2 Å². The van der Waals surface area contributed by atoms with Gasteiger partial charge in [-0.25, -0.2) is 13.8 Å². The van der Waals surface area contributed by atoms with E-state index in [0.29, 0.717) is 36.1 Å². The minimum atomic E-state index is -5.78. The van der Waals surface area contributed by atoms with Gasteiger partial charge in [0.2, 0.25) is 0 Å². The van der Waals surface area contributed by atoms with Gasteiger partial charge >= 0.3 is 21.7 Å². The molecule has 2 atom stereocenters. The molecule has 0 saturated carbocycles. The predicted molar refractivity (Wildman–Crippen MR) is 170 cm³/mol. The Bertz CT molecular complexity index is 2360. The monoisotopic (exact) mass is 695 g/mol. The zero-order valence-corrected chi connectivity index (χ0v) is 26.7. The number of alkyl halides is 3. The van der Waals surface area contributed by atoms with Gasteiger partial charge in [0, 0.05) is 86.0 Å². The summed E-state index contributed by atoms with van der Waals surface area (Å²) in [5.74, 6) is 0.221. The first kappa shape index (κ1) is 31.9. The molecule has 14 nitrogen and oxygen atoms in total. The fraction of sp³-hybridized carbons (Fsp3) is 0.258. The maximum absolute atomic E-state index is 12.5. The maximum atomic E-state index is 12.5. The van der Waals surface area contributed by atoms with Crippen molar-refractivity contribution in [3.63, 3.8) is 0 Å². The molecule has 49 heavy (non-hydrogen) atoms. The molecule has 6 aromatic heterocycles. The van der Waals surface area contributed by atoms with Crippen molar-refractivity contribution in [1.29, 1.82) is 0 Å². The van der Waals surface area contributed by atoms with Crippen molar-refractivity contribution < 1.29 is 35.7 Å². The quantitative estimate of drug-likeness (QED) is 0.200. The van der Waals surface area contributed by atoms with E-state index in [4.69, 9.17) is 0 Å². The van der Waals surface area contributed by atoms with E-state index in [1.165, 1.54) is 56.0 Å². The smallest absolute Gasteiger partial charge is 0.465 e. The molecule has 2 unspecified atom stereocenters. The molecule has 1 fully saturated rings. The van der Waals surface area contributed by atoms with E-state index in [1.807, 2.05) is 42.4 Å². The van der Waals surface area contributed by atoms with Gasteiger partial charge in [-0.3, -0.25) is 9.36 Å². The van der Waals surface area contributed by atoms with Gasteiger partial charge in [0.15, 0.2) is 5.75 Å². The van der Waals surface area contributed by atoms with Gasteiger partial charge in [0.25, 0.3) is 0 Å². The molecule has 1 aliphatic heterocycles. The lowest BCUT2D eigenvalue weighted by Gasteiger charge is -2.14. The van der Waals surface area contributed by atoms with Crippen molar-refractivity contribution in [3.05, 3.63) is 85.5 Å². The molecule has 1 aliphatic carbocycles. The lowest BCUT2D eigenvalue weighted by molar-refractivity contribution is -0.0499. The number of pyridine rings is 2. The lowest BCUT2D eigenvalue weighted by atomic mass is 9.97. The standard InChI is InChI=1S/C19H19N5O2.C12H9F3N4O3S/c1-22-8-16(7-21-22)15-6-17(18-2-3-20-24(18)11-15)12-4-13-9-23(19(25)26)10-14(13)5-12;1-18-6-9(5-17-18)8-4-11(10-2-3-16-19(10)7-8)22-23(20,21)12(13,14)15/h2-4,6-8,11,13-14H,5,9-10H2,1H3,(H,25,26);2-7H,1H3. The van der Waals surface area contributed by atoms with Crippen LogP contribution in [0.25, 0.3) is 38.9 Å². The summed E-state index contributed by atoms with van der Waals surface area (Å²) in [6.45, 7) is 1.22. The van der Waals surface area contributed by atoms with Crippen LogP contribution in [0.5, 0.6) is 5.75 Å². The highest BCUT2D eigenvalue weighted by Gasteiger charge is 2.49. The van der Waals surface area contributed by atoms with Crippen LogP contribution < -0.4 is 4.18 Å². The number of carbonyl (C=O) groups is 1. The molecule has 1 saturated heterocycles. The molecule has 0 spiro atoms. The van der Waals surface area contributed by atoms with Crippen LogP contribution in [0.1, 0.15) is 12.0 Å². The number of hydrogen-bond acceptors (Lipinski definition) is 8. The number of rotatable bonds is 5. The second-order valence-electron chi connectivity index (χ2n) is 11.9. The molecule has 2 aliphatic rings. The number of allylic oxidation sites excluding steroid dienone is 1. The van der Waals surface area contributed by atoms with Gasteiger partial charge in [0.05, 0.1) is 24.1 Å². The van der Waals surface area contributed by atoms with Crippen LogP contribution in [0.15, 0.2) is 79.9 Å². The highest BCUT2D eigenvalue weighted by molar-refractivity contribution is 7.88. The van der Waals surface area contributed by atoms with E-state index < -0.39 is 27.5 Å². The largest absolute Gasteiger partial charge is 0.534 e. The van der Waals surface area contributed by atoms with Gasteiger partial charge in [-0.2, -0.15) is 42.0 Å². The summed E-state index contributed by atoms with van der Waals surface area (Å²) in [4.78, 5) is 12.7. The molecular formula is C31H28F3N9O5S. The number of likely N-dealkylation sites (tertiary alicyclic amines) is 1.